The topological polar surface area (TPSA) is 21.7 Å². The highest BCUT2D eigenvalue weighted by atomic mass is 127. The van der Waals surface area contributed by atoms with Crippen molar-refractivity contribution in [2.24, 2.45) is 0 Å². The van der Waals surface area contributed by atoms with E-state index in [1.54, 1.807) is 25.1 Å². The van der Waals surface area contributed by atoms with Crippen molar-refractivity contribution in [3.8, 4) is 0 Å². The monoisotopic (exact) mass is 585 g/mol. The Balaban J connectivity index is 1.62. The fraction of sp³-hybridized carbons (Fsp3) is 0.308. The van der Waals surface area contributed by atoms with Crippen LogP contribution in [0.4, 0.5) is 17.6 Å². The Bertz CT molecular complexity index is 1090. The van der Waals surface area contributed by atoms with Crippen molar-refractivity contribution in [1.29, 1.82) is 0 Å². The fourth-order valence-corrected chi connectivity index (χ4v) is 4.81. The van der Waals surface area contributed by atoms with E-state index < -0.39 is 24.1 Å². The summed E-state index contributed by atoms with van der Waals surface area (Å²) < 4.78 is 66.3. The van der Waals surface area contributed by atoms with Crippen molar-refractivity contribution in [3.05, 3.63) is 104 Å². The summed E-state index contributed by atoms with van der Waals surface area (Å²) in [6.45, 7) is 3.38. The van der Waals surface area contributed by atoms with Gasteiger partial charge in [-0.2, -0.15) is 13.2 Å². The SMILES string of the molecule is C[C@@H](O[C@H]1OCCN(Cc2ccccc2)[C@@H]1c1ccc(F)cc1)c1cc(I)cc(C(F)(F)F)c1. The summed E-state index contributed by atoms with van der Waals surface area (Å²) in [6, 6.07) is 19.6. The van der Waals surface area contributed by atoms with Crippen molar-refractivity contribution in [3.63, 3.8) is 0 Å². The first-order valence-corrected chi connectivity index (χ1v) is 12.0. The van der Waals surface area contributed by atoms with Crippen LogP contribution in [-0.4, -0.2) is 24.3 Å². The maximum Gasteiger partial charge on any atom is 0.416 e. The van der Waals surface area contributed by atoms with Gasteiger partial charge in [0.15, 0.2) is 6.29 Å². The summed E-state index contributed by atoms with van der Waals surface area (Å²) in [5, 5.41) is 0. The van der Waals surface area contributed by atoms with E-state index in [9.17, 15) is 17.6 Å². The van der Waals surface area contributed by atoms with Crippen LogP contribution in [-0.2, 0) is 22.2 Å². The highest BCUT2D eigenvalue weighted by Crippen LogP contribution is 2.37. The molecule has 0 bridgehead atoms. The van der Waals surface area contributed by atoms with E-state index in [4.69, 9.17) is 9.47 Å². The van der Waals surface area contributed by atoms with Gasteiger partial charge in [-0.1, -0.05) is 42.5 Å². The Morgan fingerprint density at radius 2 is 1.76 bits per heavy atom. The molecule has 0 N–H and O–H groups in total. The number of hydrogen-bond donors (Lipinski definition) is 0. The lowest BCUT2D eigenvalue weighted by Gasteiger charge is -2.42. The number of morpholine rings is 1. The van der Waals surface area contributed by atoms with Crippen LogP contribution in [0.3, 0.4) is 0 Å². The third kappa shape index (κ3) is 6.16. The molecule has 0 spiro atoms. The fourth-order valence-electron chi connectivity index (χ4n) is 4.12. The van der Waals surface area contributed by atoms with Gasteiger partial charge < -0.3 is 9.47 Å². The van der Waals surface area contributed by atoms with Gasteiger partial charge in [-0.25, -0.2) is 4.39 Å². The van der Waals surface area contributed by atoms with Gasteiger partial charge in [0.2, 0.25) is 0 Å². The molecule has 0 aromatic heterocycles. The molecule has 4 rings (SSSR count). The zero-order valence-corrected chi connectivity index (χ0v) is 20.6. The number of halogens is 5. The quantitative estimate of drug-likeness (QED) is 0.227. The zero-order chi connectivity index (χ0) is 24.3. The summed E-state index contributed by atoms with van der Waals surface area (Å²) in [7, 11) is 0. The maximum absolute atomic E-state index is 13.6. The van der Waals surface area contributed by atoms with Crippen LogP contribution in [0.25, 0.3) is 0 Å². The molecule has 0 unspecified atom stereocenters. The van der Waals surface area contributed by atoms with Crippen molar-refractivity contribution in [2.75, 3.05) is 13.2 Å². The molecule has 1 aliphatic heterocycles. The minimum Gasteiger partial charge on any atom is -0.349 e. The standard InChI is InChI=1S/C26H24F4INO2/c1-17(20-13-21(26(28,29)30)15-23(31)14-20)34-25-24(19-7-9-22(27)10-8-19)32(11-12-33-25)16-18-5-3-2-4-6-18/h2-10,13-15,17,24-25H,11-12,16H2,1H3/t17-,24-,25-/m1/s1. The molecule has 180 valence electrons. The molecule has 1 fully saturated rings. The molecule has 0 amide bonds. The predicted octanol–water partition coefficient (Wildman–Crippen LogP) is 7.13. The Morgan fingerprint density at radius 1 is 1.06 bits per heavy atom. The second-order valence-electron chi connectivity index (χ2n) is 8.24. The molecule has 3 nitrogen and oxygen atoms in total. The summed E-state index contributed by atoms with van der Waals surface area (Å²) in [4.78, 5) is 2.19. The molecular formula is C26H24F4INO2. The minimum absolute atomic E-state index is 0.348. The van der Waals surface area contributed by atoms with Gasteiger partial charge in [-0.3, -0.25) is 4.90 Å². The average Bonchev–Trinajstić information content (AvgIpc) is 2.80. The third-order valence-corrected chi connectivity index (χ3v) is 6.43. The number of ether oxygens (including phenoxy) is 2. The van der Waals surface area contributed by atoms with E-state index in [0.717, 1.165) is 23.3 Å². The normalized spacial score (nSPS) is 20.3. The van der Waals surface area contributed by atoms with E-state index in [0.29, 0.717) is 28.8 Å². The van der Waals surface area contributed by atoms with Gasteiger partial charge >= 0.3 is 6.18 Å². The van der Waals surface area contributed by atoms with E-state index in [1.165, 1.54) is 12.1 Å². The van der Waals surface area contributed by atoms with Crippen molar-refractivity contribution in [1.82, 2.24) is 4.90 Å². The average molecular weight is 585 g/mol. The first-order chi connectivity index (χ1) is 16.2. The van der Waals surface area contributed by atoms with Crippen molar-refractivity contribution in [2.45, 2.75) is 38.1 Å². The largest absolute Gasteiger partial charge is 0.416 e. The van der Waals surface area contributed by atoms with Gasteiger partial charge in [0, 0.05) is 16.7 Å². The lowest BCUT2D eigenvalue weighted by atomic mass is 10.0. The first-order valence-electron chi connectivity index (χ1n) is 10.9. The summed E-state index contributed by atoms with van der Waals surface area (Å²) in [6.07, 6.45) is -5.84. The number of benzene rings is 3. The molecule has 3 aromatic carbocycles. The molecule has 34 heavy (non-hydrogen) atoms. The minimum atomic E-state index is -4.44. The van der Waals surface area contributed by atoms with Crippen LogP contribution in [0.5, 0.6) is 0 Å². The van der Waals surface area contributed by atoms with Crippen LogP contribution >= 0.6 is 22.6 Å². The lowest BCUT2D eigenvalue weighted by Crippen LogP contribution is -2.46. The molecule has 3 atom stereocenters. The molecule has 3 aromatic rings. The van der Waals surface area contributed by atoms with Gasteiger partial charge in [-0.15, -0.1) is 0 Å². The number of rotatable bonds is 6. The summed E-state index contributed by atoms with van der Waals surface area (Å²) >= 11 is 1.88. The molecule has 0 radical (unpaired) electrons. The Hall–Kier alpha value is -2.01. The van der Waals surface area contributed by atoms with E-state index in [1.807, 2.05) is 52.9 Å². The third-order valence-electron chi connectivity index (χ3n) is 5.81. The second-order valence-corrected chi connectivity index (χ2v) is 9.49. The highest BCUT2D eigenvalue weighted by Gasteiger charge is 2.36. The Labute approximate surface area is 209 Å². The molecule has 0 aliphatic carbocycles. The molecule has 8 heteroatoms. The number of alkyl halides is 3. The number of hydrogen-bond acceptors (Lipinski definition) is 3. The molecular weight excluding hydrogens is 561 g/mol. The van der Waals surface area contributed by atoms with E-state index in [-0.39, 0.29) is 11.9 Å². The summed E-state index contributed by atoms with van der Waals surface area (Å²) in [5.74, 6) is -0.348. The number of nitrogens with zero attached hydrogens (tertiary/aromatic N) is 1. The highest BCUT2D eigenvalue weighted by molar-refractivity contribution is 14.1. The molecule has 1 aliphatic rings. The van der Waals surface area contributed by atoms with Crippen LogP contribution < -0.4 is 0 Å². The van der Waals surface area contributed by atoms with Crippen molar-refractivity contribution >= 4 is 22.6 Å². The van der Waals surface area contributed by atoms with Crippen LogP contribution in [0.1, 0.15) is 41.3 Å². The van der Waals surface area contributed by atoms with Gasteiger partial charge in [0.25, 0.3) is 0 Å². The Kier molecular flexibility index (Phi) is 7.91. The van der Waals surface area contributed by atoms with Gasteiger partial charge in [0.05, 0.1) is 24.3 Å². The maximum atomic E-state index is 13.6. The van der Waals surface area contributed by atoms with E-state index in [2.05, 4.69) is 4.90 Å². The smallest absolute Gasteiger partial charge is 0.349 e. The van der Waals surface area contributed by atoms with E-state index >= 15 is 0 Å². The Morgan fingerprint density at radius 3 is 2.44 bits per heavy atom. The van der Waals surface area contributed by atoms with Crippen LogP contribution in [0.15, 0.2) is 72.8 Å². The van der Waals surface area contributed by atoms with Crippen LogP contribution in [0.2, 0.25) is 0 Å². The lowest BCUT2D eigenvalue weighted by molar-refractivity contribution is -0.231. The van der Waals surface area contributed by atoms with Crippen LogP contribution in [0, 0.1) is 9.39 Å². The summed E-state index contributed by atoms with van der Waals surface area (Å²) in [5.41, 5.74) is 1.62. The first kappa shape index (κ1) is 25.1. The molecule has 1 heterocycles. The van der Waals surface area contributed by atoms with Crippen molar-refractivity contribution < 1.29 is 27.0 Å². The zero-order valence-electron chi connectivity index (χ0n) is 18.4. The predicted molar refractivity (Wildman–Crippen MR) is 129 cm³/mol. The molecule has 1 saturated heterocycles. The second kappa shape index (κ2) is 10.7. The molecule has 0 saturated carbocycles. The van der Waals surface area contributed by atoms with Gasteiger partial charge in [-0.05, 0) is 76.5 Å². The van der Waals surface area contributed by atoms with Gasteiger partial charge in [0.1, 0.15) is 5.82 Å².